The Bertz CT molecular complexity index is 661. The second-order valence-electron chi connectivity index (χ2n) is 7.25. The van der Waals surface area contributed by atoms with Crippen molar-refractivity contribution in [3.05, 3.63) is 71.3 Å². The molecular weight excluding hydrogens is 306 g/mol. The number of hydrogen-bond acceptors (Lipinski definition) is 2. The van der Waals surface area contributed by atoms with E-state index in [1.54, 1.807) is 0 Å². The molecule has 0 heterocycles. The number of rotatable bonds is 8. The van der Waals surface area contributed by atoms with Crippen molar-refractivity contribution in [2.75, 3.05) is 13.1 Å². The lowest BCUT2D eigenvalue weighted by Gasteiger charge is -2.39. The predicted molar refractivity (Wildman–Crippen MR) is 105 cm³/mol. The van der Waals surface area contributed by atoms with Crippen molar-refractivity contribution in [2.45, 2.75) is 57.6 Å². The fourth-order valence-electron chi connectivity index (χ4n) is 4.18. The molecule has 0 saturated carbocycles. The Balaban J connectivity index is 2.02. The molecule has 25 heavy (non-hydrogen) atoms. The van der Waals surface area contributed by atoms with Crippen LogP contribution >= 0.6 is 0 Å². The topological polar surface area (TPSA) is 23.5 Å². The second-order valence-corrected chi connectivity index (χ2v) is 7.25. The Kier molecular flexibility index (Phi) is 5.93. The lowest BCUT2D eigenvalue weighted by Crippen LogP contribution is -2.50. The lowest BCUT2D eigenvalue weighted by atomic mass is 9.84. The summed E-state index contributed by atoms with van der Waals surface area (Å²) in [7, 11) is 0. The van der Waals surface area contributed by atoms with E-state index in [9.17, 15) is 5.11 Å². The van der Waals surface area contributed by atoms with Crippen LogP contribution in [-0.2, 0) is 12.0 Å². The van der Waals surface area contributed by atoms with Gasteiger partial charge in [0.2, 0.25) is 0 Å². The Morgan fingerprint density at radius 3 is 2.16 bits per heavy atom. The molecule has 0 bridgehead atoms. The highest BCUT2D eigenvalue weighted by Crippen LogP contribution is 2.44. The molecule has 0 saturated heterocycles. The molecule has 2 aromatic rings. The van der Waals surface area contributed by atoms with Gasteiger partial charge in [0.15, 0.2) is 0 Å². The van der Waals surface area contributed by atoms with Crippen LogP contribution in [0.1, 0.15) is 56.2 Å². The number of fused-ring (bicyclic) bond motifs is 1. The molecule has 0 aromatic heterocycles. The van der Waals surface area contributed by atoms with Crippen LogP contribution in [0.4, 0.5) is 0 Å². The van der Waals surface area contributed by atoms with E-state index < -0.39 is 5.60 Å². The quantitative estimate of drug-likeness (QED) is 0.751. The highest BCUT2D eigenvalue weighted by atomic mass is 16.3. The smallest absolute Gasteiger partial charge is 0.131 e. The molecule has 0 amide bonds. The minimum Gasteiger partial charge on any atom is -0.379 e. The van der Waals surface area contributed by atoms with E-state index in [1.807, 2.05) is 18.2 Å². The summed E-state index contributed by atoms with van der Waals surface area (Å²) in [6.07, 6.45) is 5.66. The van der Waals surface area contributed by atoms with Crippen molar-refractivity contribution in [3.63, 3.8) is 0 Å². The van der Waals surface area contributed by atoms with Crippen molar-refractivity contribution in [3.8, 4) is 0 Å². The Hall–Kier alpha value is -1.64. The van der Waals surface area contributed by atoms with E-state index in [4.69, 9.17) is 0 Å². The van der Waals surface area contributed by atoms with Crippen molar-refractivity contribution in [2.24, 2.45) is 0 Å². The number of nitrogens with zero attached hydrogens (tertiary/aromatic N) is 1. The summed E-state index contributed by atoms with van der Waals surface area (Å²) >= 11 is 0. The van der Waals surface area contributed by atoms with Crippen LogP contribution in [0.3, 0.4) is 0 Å². The Morgan fingerprint density at radius 2 is 1.52 bits per heavy atom. The van der Waals surface area contributed by atoms with E-state index in [-0.39, 0.29) is 6.04 Å². The molecule has 2 heteroatoms. The first-order valence-corrected chi connectivity index (χ1v) is 9.82. The zero-order valence-electron chi connectivity index (χ0n) is 15.6. The van der Waals surface area contributed by atoms with Gasteiger partial charge in [-0.3, -0.25) is 4.90 Å². The SMILES string of the molecule is CCCCN(CCCC)[C@H]1Cc2ccccc2[C@@]1(O)c1ccccc1. The maximum atomic E-state index is 12.0. The van der Waals surface area contributed by atoms with Crippen molar-refractivity contribution < 1.29 is 5.11 Å². The highest BCUT2D eigenvalue weighted by Gasteiger charge is 2.48. The summed E-state index contributed by atoms with van der Waals surface area (Å²) < 4.78 is 0. The summed E-state index contributed by atoms with van der Waals surface area (Å²) in [4.78, 5) is 2.54. The van der Waals surface area contributed by atoms with Crippen LogP contribution in [0.25, 0.3) is 0 Å². The highest BCUT2D eigenvalue weighted by molar-refractivity contribution is 5.48. The summed E-state index contributed by atoms with van der Waals surface area (Å²) in [5.74, 6) is 0. The zero-order valence-corrected chi connectivity index (χ0v) is 15.6. The van der Waals surface area contributed by atoms with Crippen LogP contribution in [-0.4, -0.2) is 29.1 Å². The maximum Gasteiger partial charge on any atom is 0.131 e. The van der Waals surface area contributed by atoms with Gasteiger partial charge in [0.05, 0.1) is 6.04 Å². The van der Waals surface area contributed by atoms with E-state index in [0.717, 1.165) is 30.6 Å². The zero-order chi connectivity index (χ0) is 17.7. The molecule has 0 fully saturated rings. The van der Waals surface area contributed by atoms with E-state index in [1.165, 1.54) is 31.2 Å². The lowest BCUT2D eigenvalue weighted by molar-refractivity contribution is -0.00990. The van der Waals surface area contributed by atoms with E-state index in [0.29, 0.717) is 0 Å². The molecule has 2 aromatic carbocycles. The molecule has 2 atom stereocenters. The molecular formula is C23H31NO. The second kappa shape index (κ2) is 8.16. The van der Waals surface area contributed by atoms with Crippen molar-refractivity contribution in [1.29, 1.82) is 0 Å². The number of aliphatic hydroxyl groups is 1. The van der Waals surface area contributed by atoms with Crippen LogP contribution in [0, 0.1) is 0 Å². The monoisotopic (exact) mass is 337 g/mol. The molecule has 3 rings (SSSR count). The van der Waals surface area contributed by atoms with Gasteiger partial charge in [0.25, 0.3) is 0 Å². The molecule has 0 unspecified atom stereocenters. The molecule has 0 spiro atoms. The van der Waals surface area contributed by atoms with Gasteiger partial charge in [-0.15, -0.1) is 0 Å². The van der Waals surface area contributed by atoms with Gasteiger partial charge in [0, 0.05) is 0 Å². The third kappa shape index (κ3) is 3.51. The van der Waals surface area contributed by atoms with E-state index >= 15 is 0 Å². The molecule has 1 N–H and O–H groups in total. The van der Waals surface area contributed by atoms with Gasteiger partial charge >= 0.3 is 0 Å². The Labute approximate surface area is 152 Å². The maximum absolute atomic E-state index is 12.0. The molecule has 1 aliphatic carbocycles. The molecule has 1 aliphatic rings. The summed E-state index contributed by atoms with van der Waals surface area (Å²) in [6.45, 7) is 6.60. The first-order chi connectivity index (χ1) is 12.2. The molecule has 0 radical (unpaired) electrons. The minimum absolute atomic E-state index is 0.116. The van der Waals surface area contributed by atoms with Crippen molar-refractivity contribution in [1.82, 2.24) is 4.90 Å². The van der Waals surface area contributed by atoms with Crippen molar-refractivity contribution >= 4 is 0 Å². The van der Waals surface area contributed by atoms with Gasteiger partial charge in [-0.25, -0.2) is 0 Å². The van der Waals surface area contributed by atoms with Gasteiger partial charge in [-0.1, -0.05) is 81.3 Å². The third-order valence-corrected chi connectivity index (χ3v) is 5.58. The van der Waals surface area contributed by atoms with Gasteiger partial charge < -0.3 is 5.11 Å². The molecule has 134 valence electrons. The average molecular weight is 338 g/mol. The molecule has 0 aliphatic heterocycles. The molecule has 2 nitrogen and oxygen atoms in total. The number of benzene rings is 2. The van der Waals surface area contributed by atoms with E-state index in [2.05, 4.69) is 55.1 Å². The minimum atomic E-state index is -0.917. The predicted octanol–water partition coefficient (Wildman–Crippen LogP) is 4.75. The van der Waals surface area contributed by atoms with Crippen LogP contribution in [0.2, 0.25) is 0 Å². The first kappa shape index (κ1) is 18.2. The van der Waals surface area contributed by atoms with Crippen LogP contribution < -0.4 is 0 Å². The fraction of sp³-hybridized carbons (Fsp3) is 0.478. The summed E-state index contributed by atoms with van der Waals surface area (Å²) in [6, 6.07) is 18.8. The van der Waals surface area contributed by atoms with Gasteiger partial charge in [0.1, 0.15) is 5.60 Å². The van der Waals surface area contributed by atoms with Crippen LogP contribution in [0.15, 0.2) is 54.6 Å². The largest absolute Gasteiger partial charge is 0.379 e. The number of unbranched alkanes of at least 4 members (excludes halogenated alkanes) is 2. The normalized spacial score (nSPS) is 22.3. The summed E-state index contributed by atoms with van der Waals surface area (Å²) in [5.41, 5.74) is 2.48. The first-order valence-electron chi connectivity index (χ1n) is 9.82. The van der Waals surface area contributed by atoms with Crippen LogP contribution in [0.5, 0.6) is 0 Å². The Morgan fingerprint density at radius 1 is 0.920 bits per heavy atom. The third-order valence-electron chi connectivity index (χ3n) is 5.58. The average Bonchev–Trinajstić information content (AvgIpc) is 2.97. The fourth-order valence-corrected chi connectivity index (χ4v) is 4.18. The standard InChI is InChI=1S/C23H31NO/c1-3-5-16-24(17-6-4-2)22-18-19-12-10-11-15-21(19)23(22,25)20-13-8-7-9-14-20/h7-15,22,25H,3-6,16-18H2,1-2H3/t22-,23-/m0/s1. The number of hydrogen-bond donors (Lipinski definition) is 1. The van der Waals surface area contributed by atoms with Gasteiger partial charge in [-0.05, 0) is 49.0 Å². The summed E-state index contributed by atoms with van der Waals surface area (Å²) in [5, 5.41) is 12.0. The van der Waals surface area contributed by atoms with Gasteiger partial charge in [-0.2, -0.15) is 0 Å².